The second-order valence-electron chi connectivity index (χ2n) is 3.57. The first-order valence-corrected chi connectivity index (χ1v) is 6.43. The molecule has 1 fully saturated rings. The average molecular weight is 245 g/mol. The van der Waals surface area contributed by atoms with Gasteiger partial charge in [-0.2, -0.15) is 0 Å². The van der Waals surface area contributed by atoms with E-state index in [4.69, 9.17) is 11.6 Å². The van der Waals surface area contributed by atoms with Crippen LogP contribution in [0.2, 0.25) is 5.02 Å². The summed E-state index contributed by atoms with van der Waals surface area (Å²) in [5, 5.41) is -0.0344. The molecule has 0 aromatic heterocycles. The van der Waals surface area contributed by atoms with Gasteiger partial charge >= 0.3 is 0 Å². The van der Waals surface area contributed by atoms with Gasteiger partial charge in [-0.1, -0.05) is 11.6 Å². The minimum atomic E-state index is -3.33. The minimum Gasteiger partial charge on any atom is -0.303 e. The molecule has 0 bridgehead atoms. The van der Waals surface area contributed by atoms with Crippen molar-refractivity contribution in [3.05, 3.63) is 29.3 Å². The minimum absolute atomic E-state index is 0.237. The topological polar surface area (TPSA) is 51.2 Å². The number of aldehydes is 1. The quantitative estimate of drug-likeness (QED) is 0.761. The van der Waals surface area contributed by atoms with Crippen LogP contribution in [0, 0.1) is 5.92 Å². The van der Waals surface area contributed by atoms with E-state index in [1.807, 2.05) is 0 Å². The molecular formula is C10H9ClO3S. The van der Waals surface area contributed by atoms with Crippen molar-refractivity contribution in [2.45, 2.75) is 16.6 Å². The van der Waals surface area contributed by atoms with Crippen molar-refractivity contribution in [1.82, 2.24) is 0 Å². The Bertz CT molecular complexity index is 478. The van der Waals surface area contributed by atoms with E-state index in [-0.39, 0.29) is 10.8 Å². The fraction of sp³-hybridized carbons (Fsp3) is 0.300. The van der Waals surface area contributed by atoms with Gasteiger partial charge in [0, 0.05) is 10.9 Å². The van der Waals surface area contributed by atoms with Crippen molar-refractivity contribution in [3.63, 3.8) is 0 Å². The summed E-state index contributed by atoms with van der Waals surface area (Å²) in [4.78, 5) is 10.7. The third-order valence-corrected chi connectivity index (χ3v) is 5.01. The van der Waals surface area contributed by atoms with Crippen LogP contribution in [0.1, 0.15) is 6.42 Å². The first kappa shape index (κ1) is 10.6. The molecule has 0 amide bonds. The number of sulfone groups is 1. The molecule has 15 heavy (non-hydrogen) atoms. The van der Waals surface area contributed by atoms with Gasteiger partial charge in [-0.25, -0.2) is 8.42 Å². The van der Waals surface area contributed by atoms with E-state index < -0.39 is 15.1 Å². The van der Waals surface area contributed by atoms with Gasteiger partial charge in [0.05, 0.1) is 10.1 Å². The maximum Gasteiger partial charge on any atom is 0.181 e. The standard InChI is InChI=1S/C10H9ClO3S/c11-8-1-3-9(4-2-8)15(13,14)10-5-7(10)6-12/h1-4,6-7,10H,5H2/t7-,10-/m1/s1. The van der Waals surface area contributed by atoms with Crippen molar-refractivity contribution in [2.75, 3.05) is 0 Å². The Balaban J connectivity index is 2.31. The van der Waals surface area contributed by atoms with Gasteiger partial charge < -0.3 is 4.79 Å². The number of carbonyl (C=O) groups excluding carboxylic acids is 1. The summed E-state index contributed by atoms with van der Waals surface area (Å²) in [6.07, 6.45) is 1.15. The lowest BCUT2D eigenvalue weighted by molar-refractivity contribution is -0.108. The number of benzene rings is 1. The number of rotatable bonds is 3. The van der Waals surface area contributed by atoms with E-state index in [0.29, 0.717) is 17.7 Å². The number of carbonyl (C=O) groups is 1. The summed E-state index contributed by atoms with van der Waals surface area (Å²) in [5.74, 6) is -0.328. The summed E-state index contributed by atoms with van der Waals surface area (Å²) >= 11 is 5.66. The largest absolute Gasteiger partial charge is 0.303 e. The van der Waals surface area contributed by atoms with Crippen LogP contribution in [0.3, 0.4) is 0 Å². The highest BCUT2D eigenvalue weighted by Gasteiger charge is 2.47. The lowest BCUT2D eigenvalue weighted by Crippen LogP contribution is -2.09. The number of hydrogen-bond acceptors (Lipinski definition) is 3. The molecule has 1 aromatic carbocycles. The highest BCUT2D eigenvalue weighted by Crippen LogP contribution is 2.39. The Hall–Kier alpha value is -0.870. The van der Waals surface area contributed by atoms with Crippen LogP contribution in [-0.2, 0) is 14.6 Å². The smallest absolute Gasteiger partial charge is 0.181 e. The molecule has 2 atom stereocenters. The summed E-state index contributed by atoms with van der Waals surface area (Å²) in [6.45, 7) is 0. The van der Waals surface area contributed by atoms with Crippen LogP contribution >= 0.6 is 11.6 Å². The van der Waals surface area contributed by atoms with Gasteiger partial charge in [-0.05, 0) is 30.7 Å². The van der Waals surface area contributed by atoms with E-state index in [1.54, 1.807) is 0 Å². The molecule has 1 aliphatic rings. The Kier molecular flexibility index (Phi) is 2.56. The predicted molar refractivity (Wildman–Crippen MR) is 56.6 cm³/mol. The lowest BCUT2D eigenvalue weighted by atomic mass is 10.4. The molecule has 1 aliphatic carbocycles. The molecule has 0 saturated heterocycles. The fourth-order valence-corrected chi connectivity index (χ4v) is 3.48. The van der Waals surface area contributed by atoms with Crippen LogP contribution in [0.15, 0.2) is 29.2 Å². The van der Waals surface area contributed by atoms with Crippen LogP contribution < -0.4 is 0 Å². The molecule has 0 spiro atoms. The van der Waals surface area contributed by atoms with Gasteiger partial charge in [0.25, 0.3) is 0 Å². The Morgan fingerprint density at radius 2 is 1.87 bits per heavy atom. The molecular weight excluding hydrogens is 236 g/mol. The van der Waals surface area contributed by atoms with Crippen molar-refractivity contribution in [3.8, 4) is 0 Å². The molecule has 1 aromatic rings. The van der Waals surface area contributed by atoms with Gasteiger partial charge in [0.15, 0.2) is 9.84 Å². The Morgan fingerprint density at radius 3 is 2.33 bits per heavy atom. The number of halogens is 1. The number of hydrogen-bond donors (Lipinski definition) is 0. The predicted octanol–water partition coefficient (Wildman–Crippen LogP) is 1.70. The van der Waals surface area contributed by atoms with Gasteiger partial charge in [-0.3, -0.25) is 0 Å². The van der Waals surface area contributed by atoms with Crippen molar-refractivity contribution < 1.29 is 13.2 Å². The first-order chi connectivity index (χ1) is 7.05. The molecule has 80 valence electrons. The normalized spacial score (nSPS) is 24.9. The first-order valence-electron chi connectivity index (χ1n) is 4.50. The third-order valence-electron chi connectivity index (χ3n) is 2.49. The van der Waals surface area contributed by atoms with Crippen molar-refractivity contribution in [1.29, 1.82) is 0 Å². The highest BCUT2D eigenvalue weighted by atomic mass is 35.5. The van der Waals surface area contributed by atoms with Gasteiger partial charge in [0.2, 0.25) is 0 Å². The Morgan fingerprint density at radius 1 is 1.27 bits per heavy atom. The Labute approximate surface area is 93.0 Å². The molecule has 0 radical (unpaired) electrons. The van der Waals surface area contributed by atoms with Crippen LogP contribution in [0.5, 0.6) is 0 Å². The van der Waals surface area contributed by atoms with Gasteiger partial charge in [-0.15, -0.1) is 0 Å². The molecule has 0 N–H and O–H groups in total. The molecule has 3 nitrogen and oxygen atoms in total. The van der Waals surface area contributed by atoms with Crippen LogP contribution in [0.25, 0.3) is 0 Å². The maximum atomic E-state index is 11.9. The van der Waals surface area contributed by atoms with E-state index >= 15 is 0 Å². The summed E-state index contributed by atoms with van der Waals surface area (Å²) in [7, 11) is -3.33. The maximum absolute atomic E-state index is 11.9. The SMILES string of the molecule is O=C[C@H]1C[C@H]1S(=O)(=O)c1ccc(Cl)cc1. The molecule has 0 heterocycles. The third kappa shape index (κ3) is 1.92. The van der Waals surface area contributed by atoms with Gasteiger partial charge in [0.1, 0.15) is 6.29 Å². The zero-order valence-electron chi connectivity index (χ0n) is 7.76. The zero-order chi connectivity index (χ0) is 11.1. The zero-order valence-corrected chi connectivity index (χ0v) is 9.33. The lowest BCUT2D eigenvalue weighted by Gasteiger charge is -2.02. The second-order valence-corrected chi connectivity index (χ2v) is 6.18. The van der Waals surface area contributed by atoms with E-state index in [9.17, 15) is 13.2 Å². The molecule has 0 aliphatic heterocycles. The average Bonchev–Trinajstić information content (AvgIpc) is 2.98. The van der Waals surface area contributed by atoms with E-state index in [2.05, 4.69) is 0 Å². The fourth-order valence-electron chi connectivity index (χ4n) is 1.49. The van der Waals surface area contributed by atoms with Crippen LogP contribution in [-0.4, -0.2) is 20.0 Å². The molecule has 5 heteroatoms. The highest BCUT2D eigenvalue weighted by molar-refractivity contribution is 7.92. The van der Waals surface area contributed by atoms with Crippen LogP contribution in [0.4, 0.5) is 0 Å². The molecule has 2 rings (SSSR count). The van der Waals surface area contributed by atoms with E-state index in [0.717, 1.165) is 0 Å². The van der Waals surface area contributed by atoms with E-state index in [1.165, 1.54) is 24.3 Å². The second kappa shape index (κ2) is 3.61. The van der Waals surface area contributed by atoms with Crippen molar-refractivity contribution in [2.24, 2.45) is 5.92 Å². The molecule has 1 saturated carbocycles. The monoisotopic (exact) mass is 244 g/mol. The van der Waals surface area contributed by atoms with Crippen molar-refractivity contribution >= 4 is 27.7 Å². The summed E-state index contributed by atoms with van der Waals surface area (Å²) < 4.78 is 23.7. The summed E-state index contributed by atoms with van der Waals surface area (Å²) in [6, 6.07) is 6.01. The molecule has 0 unspecified atom stereocenters. The summed E-state index contributed by atoms with van der Waals surface area (Å²) in [5.41, 5.74) is 0.